The van der Waals surface area contributed by atoms with Gasteiger partial charge in [0.25, 0.3) is 5.91 Å². The summed E-state index contributed by atoms with van der Waals surface area (Å²) in [5.74, 6) is 0.421. The minimum absolute atomic E-state index is 0.165. The molecule has 2 aromatic carbocycles. The van der Waals surface area contributed by atoms with Gasteiger partial charge in [0, 0.05) is 18.7 Å². The average Bonchev–Trinajstić information content (AvgIpc) is 3.23. The molecule has 1 aromatic heterocycles. The Morgan fingerprint density at radius 1 is 0.926 bits per heavy atom. The van der Waals surface area contributed by atoms with Crippen molar-refractivity contribution < 1.29 is 18.7 Å². The fourth-order valence-electron chi connectivity index (χ4n) is 2.38. The first-order valence-electron chi connectivity index (χ1n) is 8.59. The molecule has 1 heterocycles. The van der Waals surface area contributed by atoms with Crippen LogP contribution in [-0.2, 0) is 11.4 Å². The van der Waals surface area contributed by atoms with Gasteiger partial charge >= 0.3 is 0 Å². The molecule has 0 spiro atoms. The maximum atomic E-state index is 12.0. The largest absolute Gasteiger partial charge is 0.489 e. The third kappa shape index (κ3) is 5.74. The number of carbonyl (C=O) groups is 2. The van der Waals surface area contributed by atoms with Gasteiger partial charge in [0.05, 0.1) is 6.26 Å². The lowest BCUT2D eigenvalue weighted by atomic mass is 10.2. The Balaban J connectivity index is 1.39. The summed E-state index contributed by atoms with van der Waals surface area (Å²) in [7, 11) is 0. The predicted octanol–water partition coefficient (Wildman–Crippen LogP) is 3.62. The summed E-state index contributed by atoms with van der Waals surface area (Å²) in [4.78, 5) is 23.7. The topological polar surface area (TPSA) is 80.6 Å². The number of nitrogens with one attached hydrogen (secondary N) is 2. The molecule has 6 heteroatoms. The van der Waals surface area contributed by atoms with Crippen molar-refractivity contribution in [2.45, 2.75) is 13.0 Å². The molecule has 0 radical (unpaired) electrons. The monoisotopic (exact) mass is 364 g/mol. The highest BCUT2D eigenvalue weighted by Gasteiger charge is 2.09. The van der Waals surface area contributed by atoms with Crippen LogP contribution in [0.2, 0.25) is 0 Å². The normalized spacial score (nSPS) is 10.2. The van der Waals surface area contributed by atoms with Crippen molar-refractivity contribution >= 4 is 17.5 Å². The van der Waals surface area contributed by atoms with E-state index in [1.807, 2.05) is 30.3 Å². The molecule has 0 saturated heterocycles. The Morgan fingerprint density at radius 2 is 1.70 bits per heavy atom. The molecule has 0 atom stereocenters. The predicted molar refractivity (Wildman–Crippen MR) is 102 cm³/mol. The first kappa shape index (κ1) is 18.3. The molecule has 3 aromatic rings. The van der Waals surface area contributed by atoms with Crippen LogP contribution in [0.25, 0.3) is 0 Å². The van der Waals surface area contributed by atoms with E-state index in [-0.39, 0.29) is 30.5 Å². The van der Waals surface area contributed by atoms with Gasteiger partial charge in [-0.05, 0) is 42.0 Å². The van der Waals surface area contributed by atoms with E-state index in [4.69, 9.17) is 9.15 Å². The van der Waals surface area contributed by atoms with Gasteiger partial charge in [0.15, 0.2) is 5.76 Å². The van der Waals surface area contributed by atoms with Crippen molar-refractivity contribution in [2.75, 3.05) is 11.9 Å². The van der Waals surface area contributed by atoms with Crippen LogP contribution >= 0.6 is 0 Å². The number of ether oxygens (including phenoxy) is 1. The average molecular weight is 364 g/mol. The molecule has 2 amide bonds. The molecular formula is C21H20N2O4. The van der Waals surface area contributed by atoms with Gasteiger partial charge in [-0.25, -0.2) is 0 Å². The van der Waals surface area contributed by atoms with E-state index in [2.05, 4.69) is 10.6 Å². The second-order valence-electron chi connectivity index (χ2n) is 5.83. The third-order valence-corrected chi connectivity index (χ3v) is 3.77. The number of benzene rings is 2. The number of anilines is 1. The summed E-state index contributed by atoms with van der Waals surface area (Å²) in [5, 5.41) is 5.41. The summed E-state index contributed by atoms with van der Waals surface area (Å²) in [5.41, 5.74) is 1.76. The summed E-state index contributed by atoms with van der Waals surface area (Å²) in [6, 6.07) is 20.3. The van der Waals surface area contributed by atoms with Gasteiger partial charge in [-0.2, -0.15) is 0 Å². The summed E-state index contributed by atoms with van der Waals surface area (Å²) < 4.78 is 10.7. The molecule has 0 aliphatic heterocycles. The van der Waals surface area contributed by atoms with Crippen LogP contribution in [0.15, 0.2) is 77.4 Å². The second-order valence-corrected chi connectivity index (χ2v) is 5.83. The van der Waals surface area contributed by atoms with Gasteiger partial charge in [-0.3, -0.25) is 9.59 Å². The van der Waals surface area contributed by atoms with Crippen LogP contribution in [0.1, 0.15) is 22.5 Å². The Labute approximate surface area is 157 Å². The lowest BCUT2D eigenvalue weighted by Gasteiger charge is -2.09. The molecule has 27 heavy (non-hydrogen) atoms. The molecule has 3 rings (SSSR count). The van der Waals surface area contributed by atoms with Crippen LogP contribution in [0.4, 0.5) is 5.69 Å². The van der Waals surface area contributed by atoms with Crippen LogP contribution < -0.4 is 15.4 Å². The Kier molecular flexibility index (Phi) is 6.25. The molecule has 0 saturated carbocycles. The first-order valence-corrected chi connectivity index (χ1v) is 8.59. The SMILES string of the molecule is O=C(CCNC(=O)c1ccco1)Nc1ccc(OCc2ccccc2)cc1. The van der Waals surface area contributed by atoms with E-state index in [0.29, 0.717) is 12.3 Å². The number of rotatable bonds is 8. The first-order chi connectivity index (χ1) is 13.2. The molecule has 138 valence electrons. The summed E-state index contributed by atoms with van der Waals surface area (Å²) in [6.07, 6.45) is 1.59. The Morgan fingerprint density at radius 3 is 2.41 bits per heavy atom. The van der Waals surface area contributed by atoms with E-state index < -0.39 is 0 Å². The summed E-state index contributed by atoms with van der Waals surface area (Å²) in [6.45, 7) is 0.714. The Hall–Kier alpha value is -3.54. The maximum Gasteiger partial charge on any atom is 0.286 e. The highest BCUT2D eigenvalue weighted by molar-refractivity contribution is 5.93. The van der Waals surface area contributed by atoms with Crippen molar-refractivity contribution in [2.24, 2.45) is 0 Å². The zero-order valence-electron chi connectivity index (χ0n) is 14.7. The van der Waals surface area contributed by atoms with Gasteiger partial charge in [0.2, 0.25) is 5.91 Å². The molecule has 0 fully saturated rings. The fourth-order valence-corrected chi connectivity index (χ4v) is 2.38. The van der Waals surface area contributed by atoms with Crippen LogP contribution in [0, 0.1) is 0 Å². The minimum Gasteiger partial charge on any atom is -0.489 e. The molecule has 0 aliphatic carbocycles. The number of hydrogen-bond donors (Lipinski definition) is 2. The van der Waals surface area contributed by atoms with Crippen molar-refractivity contribution in [1.82, 2.24) is 5.32 Å². The standard InChI is InChI=1S/C21H20N2O4/c24-20(12-13-22-21(25)19-7-4-14-26-19)23-17-8-10-18(11-9-17)27-15-16-5-2-1-3-6-16/h1-11,14H,12-13,15H2,(H,22,25)(H,23,24). The minimum atomic E-state index is -0.340. The van der Waals surface area contributed by atoms with Gasteiger partial charge < -0.3 is 19.8 Å². The van der Waals surface area contributed by atoms with Gasteiger partial charge in [-0.15, -0.1) is 0 Å². The van der Waals surface area contributed by atoms with Gasteiger partial charge in [0.1, 0.15) is 12.4 Å². The molecule has 6 nitrogen and oxygen atoms in total. The highest BCUT2D eigenvalue weighted by atomic mass is 16.5. The molecular weight excluding hydrogens is 344 g/mol. The van der Waals surface area contributed by atoms with E-state index in [1.165, 1.54) is 6.26 Å². The molecule has 0 aliphatic rings. The van der Waals surface area contributed by atoms with E-state index in [9.17, 15) is 9.59 Å². The van der Waals surface area contributed by atoms with Gasteiger partial charge in [-0.1, -0.05) is 30.3 Å². The number of furan rings is 1. The molecule has 0 unspecified atom stereocenters. The third-order valence-electron chi connectivity index (χ3n) is 3.77. The number of hydrogen-bond acceptors (Lipinski definition) is 4. The fraction of sp³-hybridized carbons (Fsp3) is 0.143. The van der Waals surface area contributed by atoms with Crippen LogP contribution in [0.5, 0.6) is 5.75 Å². The van der Waals surface area contributed by atoms with Crippen LogP contribution in [-0.4, -0.2) is 18.4 Å². The zero-order chi connectivity index (χ0) is 18.9. The Bertz CT molecular complexity index is 859. The zero-order valence-corrected chi connectivity index (χ0v) is 14.7. The van der Waals surface area contributed by atoms with Crippen molar-refractivity contribution in [1.29, 1.82) is 0 Å². The smallest absolute Gasteiger partial charge is 0.286 e. The second kappa shape index (κ2) is 9.24. The molecule has 0 bridgehead atoms. The van der Waals surface area contributed by atoms with E-state index in [1.54, 1.807) is 36.4 Å². The number of amides is 2. The van der Waals surface area contributed by atoms with E-state index in [0.717, 1.165) is 11.3 Å². The summed E-state index contributed by atoms with van der Waals surface area (Å²) >= 11 is 0. The van der Waals surface area contributed by atoms with Crippen LogP contribution in [0.3, 0.4) is 0 Å². The molecule has 2 N–H and O–H groups in total. The maximum absolute atomic E-state index is 12.0. The number of carbonyl (C=O) groups excluding carboxylic acids is 2. The van der Waals surface area contributed by atoms with Crippen molar-refractivity contribution in [3.8, 4) is 5.75 Å². The lowest BCUT2D eigenvalue weighted by Crippen LogP contribution is -2.27. The lowest BCUT2D eigenvalue weighted by molar-refractivity contribution is -0.116. The highest BCUT2D eigenvalue weighted by Crippen LogP contribution is 2.17. The quantitative estimate of drug-likeness (QED) is 0.640. The van der Waals surface area contributed by atoms with Crippen molar-refractivity contribution in [3.63, 3.8) is 0 Å². The van der Waals surface area contributed by atoms with Crippen molar-refractivity contribution in [3.05, 3.63) is 84.3 Å². The van der Waals surface area contributed by atoms with E-state index >= 15 is 0 Å².